The molecule has 2 aromatic rings. The lowest BCUT2D eigenvalue weighted by Gasteiger charge is -2.06. The summed E-state index contributed by atoms with van der Waals surface area (Å²) in [4.78, 5) is 12.0. The van der Waals surface area contributed by atoms with Crippen LogP contribution < -0.4 is 0 Å². The van der Waals surface area contributed by atoms with E-state index in [-0.39, 0.29) is 15.6 Å². The van der Waals surface area contributed by atoms with Crippen molar-refractivity contribution in [2.75, 3.05) is 0 Å². The lowest BCUT2D eigenvalue weighted by molar-refractivity contribution is 0.103. The van der Waals surface area contributed by atoms with Crippen LogP contribution in [0.4, 0.5) is 13.2 Å². The molecule has 6 heteroatoms. The van der Waals surface area contributed by atoms with Gasteiger partial charge >= 0.3 is 0 Å². The molecule has 0 amide bonds. The van der Waals surface area contributed by atoms with E-state index in [2.05, 4.69) is 0 Å². The van der Waals surface area contributed by atoms with Gasteiger partial charge in [-0.05, 0) is 24.3 Å². The highest BCUT2D eigenvalue weighted by Crippen LogP contribution is 2.28. The molecule has 0 heterocycles. The second-order valence-electron chi connectivity index (χ2n) is 3.65. The number of hydrogen-bond donors (Lipinski definition) is 0. The molecule has 2 aromatic carbocycles. The Labute approximate surface area is 116 Å². The zero-order valence-electron chi connectivity index (χ0n) is 9.18. The molecule has 19 heavy (non-hydrogen) atoms. The van der Waals surface area contributed by atoms with Gasteiger partial charge < -0.3 is 0 Å². The first-order chi connectivity index (χ1) is 8.93. The van der Waals surface area contributed by atoms with E-state index in [0.717, 1.165) is 6.07 Å². The lowest BCUT2D eigenvalue weighted by Crippen LogP contribution is -2.08. The van der Waals surface area contributed by atoms with Crippen molar-refractivity contribution in [3.8, 4) is 0 Å². The molecule has 98 valence electrons. The number of carbonyl (C=O) groups excluding carboxylic acids is 1. The Kier molecular flexibility index (Phi) is 3.83. The quantitative estimate of drug-likeness (QED) is 0.583. The van der Waals surface area contributed by atoms with Gasteiger partial charge in [0.25, 0.3) is 0 Å². The smallest absolute Gasteiger partial charge is 0.197 e. The second kappa shape index (κ2) is 5.23. The van der Waals surface area contributed by atoms with Crippen LogP contribution in [0.5, 0.6) is 0 Å². The first-order valence-corrected chi connectivity index (χ1v) is 5.81. The Hall–Kier alpha value is -1.52. The maximum atomic E-state index is 13.5. The van der Waals surface area contributed by atoms with Crippen LogP contribution in [0.25, 0.3) is 0 Å². The number of halogens is 5. The van der Waals surface area contributed by atoms with Crippen LogP contribution in [-0.4, -0.2) is 5.78 Å². The topological polar surface area (TPSA) is 17.1 Å². The summed E-state index contributed by atoms with van der Waals surface area (Å²) < 4.78 is 39.4. The van der Waals surface area contributed by atoms with E-state index in [1.54, 1.807) is 0 Å². The van der Waals surface area contributed by atoms with Crippen molar-refractivity contribution in [2.45, 2.75) is 0 Å². The molecule has 0 fully saturated rings. The molecule has 0 saturated carbocycles. The minimum absolute atomic E-state index is 0.0710. The molecule has 1 nitrogen and oxygen atoms in total. The molecule has 0 unspecified atom stereocenters. The number of benzene rings is 2. The Balaban J connectivity index is 2.57. The van der Waals surface area contributed by atoms with Gasteiger partial charge in [0.1, 0.15) is 0 Å². The van der Waals surface area contributed by atoms with E-state index in [1.165, 1.54) is 18.2 Å². The van der Waals surface area contributed by atoms with Crippen LogP contribution in [0.2, 0.25) is 10.0 Å². The normalized spacial score (nSPS) is 10.6. The Bertz CT molecular complexity index is 671. The van der Waals surface area contributed by atoms with Crippen LogP contribution in [0.15, 0.2) is 30.3 Å². The third-order valence-electron chi connectivity index (χ3n) is 2.48. The predicted molar refractivity (Wildman–Crippen MR) is 66.2 cm³/mol. The molecule has 0 atom stereocenters. The summed E-state index contributed by atoms with van der Waals surface area (Å²) in [6.45, 7) is 0. The summed E-state index contributed by atoms with van der Waals surface area (Å²) in [5.41, 5.74) is -0.692. The first kappa shape index (κ1) is 13.9. The summed E-state index contributed by atoms with van der Waals surface area (Å²) in [6, 6.07) is 5.73. The minimum atomic E-state index is -1.70. The van der Waals surface area contributed by atoms with E-state index >= 15 is 0 Å². The summed E-state index contributed by atoms with van der Waals surface area (Å²) in [5.74, 6) is -5.50. The fourth-order valence-corrected chi connectivity index (χ4v) is 1.91. The summed E-state index contributed by atoms with van der Waals surface area (Å²) in [5, 5.41) is 0.0359. The minimum Gasteiger partial charge on any atom is -0.288 e. The average Bonchev–Trinajstić information content (AvgIpc) is 2.39. The molecular formula is C13H5Cl2F3O. The summed E-state index contributed by atoms with van der Waals surface area (Å²) >= 11 is 11.5. The molecular weight excluding hydrogens is 300 g/mol. The van der Waals surface area contributed by atoms with Crippen molar-refractivity contribution in [1.82, 2.24) is 0 Å². The maximum absolute atomic E-state index is 13.5. The van der Waals surface area contributed by atoms with Crippen molar-refractivity contribution >= 4 is 29.0 Å². The number of carbonyl (C=O) groups is 1. The van der Waals surface area contributed by atoms with E-state index in [1.807, 2.05) is 0 Å². The zero-order valence-corrected chi connectivity index (χ0v) is 10.7. The van der Waals surface area contributed by atoms with Gasteiger partial charge in [0, 0.05) is 5.56 Å². The fraction of sp³-hybridized carbons (Fsp3) is 0. The average molecular weight is 305 g/mol. The van der Waals surface area contributed by atoms with E-state index in [4.69, 9.17) is 23.2 Å². The van der Waals surface area contributed by atoms with E-state index < -0.39 is 28.8 Å². The first-order valence-electron chi connectivity index (χ1n) is 5.05. The van der Waals surface area contributed by atoms with Crippen LogP contribution >= 0.6 is 23.2 Å². The van der Waals surface area contributed by atoms with Gasteiger partial charge in [-0.1, -0.05) is 29.3 Å². The van der Waals surface area contributed by atoms with Gasteiger partial charge in [0.2, 0.25) is 0 Å². The highest BCUT2D eigenvalue weighted by molar-refractivity contribution is 6.44. The third-order valence-corrected chi connectivity index (χ3v) is 3.29. The number of hydrogen-bond acceptors (Lipinski definition) is 1. The van der Waals surface area contributed by atoms with Gasteiger partial charge in [-0.25, -0.2) is 13.2 Å². The molecule has 0 spiro atoms. The van der Waals surface area contributed by atoms with Gasteiger partial charge in [0.05, 0.1) is 15.6 Å². The number of rotatable bonds is 2. The highest BCUT2D eigenvalue weighted by Gasteiger charge is 2.22. The molecule has 0 aliphatic heterocycles. The van der Waals surface area contributed by atoms with Crippen LogP contribution in [-0.2, 0) is 0 Å². The Morgan fingerprint density at radius 2 is 1.58 bits per heavy atom. The molecule has 2 rings (SSSR count). The van der Waals surface area contributed by atoms with E-state index in [0.29, 0.717) is 6.07 Å². The highest BCUT2D eigenvalue weighted by atomic mass is 35.5. The summed E-state index contributed by atoms with van der Waals surface area (Å²) in [6.07, 6.45) is 0. The molecule has 0 saturated heterocycles. The standard InChI is InChI=1S/C13H5Cl2F3O/c14-8-3-1-2-6(10(8)15)13(19)7-4-5-9(16)12(18)11(7)17/h1-5H. The van der Waals surface area contributed by atoms with Crippen molar-refractivity contribution in [2.24, 2.45) is 0 Å². The monoisotopic (exact) mass is 304 g/mol. The lowest BCUT2D eigenvalue weighted by atomic mass is 10.0. The van der Waals surface area contributed by atoms with Crippen LogP contribution in [0.1, 0.15) is 15.9 Å². The van der Waals surface area contributed by atoms with Gasteiger partial charge in [0.15, 0.2) is 23.2 Å². The maximum Gasteiger partial charge on any atom is 0.197 e. The molecule has 0 aliphatic carbocycles. The van der Waals surface area contributed by atoms with Gasteiger partial charge in [-0.15, -0.1) is 0 Å². The van der Waals surface area contributed by atoms with Gasteiger partial charge in [-0.3, -0.25) is 4.79 Å². The van der Waals surface area contributed by atoms with Crippen molar-refractivity contribution in [3.63, 3.8) is 0 Å². The largest absolute Gasteiger partial charge is 0.288 e. The zero-order chi connectivity index (χ0) is 14.2. The fourth-order valence-electron chi connectivity index (χ4n) is 1.53. The van der Waals surface area contributed by atoms with Crippen molar-refractivity contribution in [3.05, 3.63) is 69.0 Å². The number of ketones is 1. The molecule has 0 aliphatic rings. The van der Waals surface area contributed by atoms with Crippen LogP contribution in [0.3, 0.4) is 0 Å². The van der Waals surface area contributed by atoms with Crippen molar-refractivity contribution < 1.29 is 18.0 Å². The Morgan fingerprint density at radius 3 is 2.26 bits per heavy atom. The molecule has 0 N–H and O–H groups in total. The second-order valence-corrected chi connectivity index (χ2v) is 4.44. The molecule has 0 bridgehead atoms. The van der Waals surface area contributed by atoms with Gasteiger partial charge in [-0.2, -0.15) is 0 Å². The van der Waals surface area contributed by atoms with Crippen molar-refractivity contribution in [1.29, 1.82) is 0 Å². The van der Waals surface area contributed by atoms with E-state index in [9.17, 15) is 18.0 Å². The third kappa shape index (κ3) is 2.46. The predicted octanol–water partition coefficient (Wildman–Crippen LogP) is 4.64. The molecule has 0 radical (unpaired) electrons. The SMILES string of the molecule is O=C(c1ccc(F)c(F)c1F)c1cccc(Cl)c1Cl. The van der Waals surface area contributed by atoms with Crippen LogP contribution in [0, 0.1) is 17.5 Å². The summed E-state index contributed by atoms with van der Waals surface area (Å²) in [7, 11) is 0. The molecule has 0 aromatic heterocycles. The Morgan fingerprint density at radius 1 is 0.895 bits per heavy atom.